The molecule has 1 saturated heterocycles. The Morgan fingerprint density at radius 2 is 2.12 bits per heavy atom. The van der Waals surface area contributed by atoms with Gasteiger partial charge in [-0.25, -0.2) is 0 Å². The van der Waals surface area contributed by atoms with Crippen molar-refractivity contribution in [3.63, 3.8) is 0 Å². The molecule has 0 aliphatic carbocycles. The molecule has 0 spiro atoms. The zero-order valence-corrected chi connectivity index (χ0v) is 16.0. The fraction of sp³-hybridized carbons (Fsp3) is 0.333. The Morgan fingerprint density at radius 3 is 2.84 bits per heavy atom. The number of halogens is 1. The molecular weight excluding hydrogens is 374 g/mol. The second-order valence-corrected chi connectivity index (χ2v) is 8.27. The van der Waals surface area contributed by atoms with E-state index < -0.39 is 0 Å². The van der Waals surface area contributed by atoms with Crippen LogP contribution in [0.4, 0.5) is 0 Å². The van der Waals surface area contributed by atoms with Gasteiger partial charge in [-0.05, 0) is 42.0 Å². The second-order valence-electron chi connectivity index (χ2n) is 5.94. The first kappa shape index (κ1) is 17.1. The number of hydrogen-bond acceptors (Lipinski definition) is 5. The van der Waals surface area contributed by atoms with Gasteiger partial charge in [0.05, 0.1) is 17.5 Å². The van der Waals surface area contributed by atoms with E-state index in [0.29, 0.717) is 0 Å². The SMILES string of the molecule is Clc1ccc(CSc2nnc(-c3cccs3)n2CC2CCCO2)cc1. The van der Waals surface area contributed by atoms with E-state index in [4.69, 9.17) is 16.3 Å². The van der Waals surface area contributed by atoms with Gasteiger partial charge in [0.2, 0.25) is 0 Å². The molecule has 1 aliphatic heterocycles. The topological polar surface area (TPSA) is 39.9 Å². The first-order valence-electron chi connectivity index (χ1n) is 8.25. The minimum Gasteiger partial charge on any atom is -0.376 e. The average Bonchev–Trinajstić information content (AvgIpc) is 3.37. The Bertz CT molecular complexity index is 811. The summed E-state index contributed by atoms with van der Waals surface area (Å²) in [4.78, 5) is 1.14. The molecule has 0 radical (unpaired) electrons. The maximum atomic E-state index is 5.96. The lowest BCUT2D eigenvalue weighted by Gasteiger charge is -2.14. The highest BCUT2D eigenvalue weighted by molar-refractivity contribution is 7.98. The highest BCUT2D eigenvalue weighted by Crippen LogP contribution is 2.30. The van der Waals surface area contributed by atoms with Crippen molar-refractivity contribution < 1.29 is 4.74 Å². The molecule has 3 aromatic rings. The fourth-order valence-corrected chi connectivity index (χ4v) is 4.62. The maximum Gasteiger partial charge on any atom is 0.191 e. The van der Waals surface area contributed by atoms with Crippen LogP contribution >= 0.6 is 34.7 Å². The average molecular weight is 392 g/mol. The molecule has 1 aliphatic rings. The Kier molecular flexibility index (Phi) is 5.41. The number of thiophene rings is 1. The van der Waals surface area contributed by atoms with Crippen LogP contribution in [0.3, 0.4) is 0 Å². The van der Waals surface area contributed by atoms with E-state index >= 15 is 0 Å². The van der Waals surface area contributed by atoms with E-state index in [-0.39, 0.29) is 6.10 Å². The molecule has 4 rings (SSSR count). The molecule has 0 N–H and O–H groups in total. The van der Waals surface area contributed by atoms with Crippen LogP contribution in [0.2, 0.25) is 5.02 Å². The van der Waals surface area contributed by atoms with Crippen LogP contribution in [-0.4, -0.2) is 27.5 Å². The number of aromatic nitrogens is 3. The smallest absolute Gasteiger partial charge is 0.191 e. The molecule has 1 fully saturated rings. The summed E-state index contributed by atoms with van der Waals surface area (Å²) in [6, 6.07) is 12.1. The lowest BCUT2D eigenvalue weighted by molar-refractivity contribution is 0.0953. The molecule has 1 unspecified atom stereocenters. The van der Waals surface area contributed by atoms with E-state index in [1.165, 1.54) is 5.56 Å². The highest BCUT2D eigenvalue weighted by atomic mass is 35.5. The van der Waals surface area contributed by atoms with E-state index in [9.17, 15) is 0 Å². The van der Waals surface area contributed by atoms with Crippen molar-refractivity contribution in [1.29, 1.82) is 0 Å². The molecule has 0 amide bonds. The van der Waals surface area contributed by atoms with Crippen molar-refractivity contribution in [2.45, 2.75) is 36.4 Å². The normalized spacial score (nSPS) is 17.2. The summed E-state index contributed by atoms with van der Waals surface area (Å²) in [5.41, 5.74) is 1.22. The van der Waals surface area contributed by atoms with E-state index in [1.54, 1.807) is 23.1 Å². The molecule has 1 atom stereocenters. The number of ether oxygens (including phenoxy) is 1. The molecule has 130 valence electrons. The molecule has 25 heavy (non-hydrogen) atoms. The van der Waals surface area contributed by atoms with Crippen LogP contribution in [0.25, 0.3) is 10.7 Å². The largest absolute Gasteiger partial charge is 0.376 e. The number of rotatable bonds is 6. The van der Waals surface area contributed by atoms with Crippen molar-refractivity contribution in [3.05, 3.63) is 52.4 Å². The summed E-state index contributed by atoms with van der Waals surface area (Å²) in [6.45, 7) is 1.66. The van der Waals surface area contributed by atoms with Crippen molar-refractivity contribution in [2.24, 2.45) is 0 Å². The molecule has 0 bridgehead atoms. The van der Waals surface area contributed by atoms with Gasteiger partial charge in [-0.3, -0.25) is 4.57 Å². The van der Waals surface area contributed by atoms with Gasteiger partial charge in [-0.1, -0.05) is 41.6 Å². The van der Waals surface area contributed by atoms with Crippen LogP contribution < -0.4 is 0 Å². The Morgan fingerprint density at radius 1 is 1.24 bits per heavy atom. The van der Waals surface area contributed by atoms with Gasteiger partial charge < -0.3 is 4.74 Å². The lowest BCUT2D eigenvalue weighted by atomic mass is 10.2. The van der Waals surface area contributed by atoms with Crippen LogP contribution in [0.5, 0.6) is 0 Å². The fourth-order valence-electron chi connectivity index (χ4n) is 2.87. The minimum atomic E-state index is 0.254. The first-order chi connectivity index (χ1) is 12.3. The molecule has 0 saturated carbocycles. The van der Waals surface area contributed by atoms with Crippen molar-refractivity contribution in [1.82, 2.24) is 14.8 Å². The maximum absolute atomic E-state index is 5.96. The Hall–Kier alpha value is -1.34. The third kappa shape index (κ3) is 4.08. The molecule has 1 aromatic carbocycles. The zero-order valence-electron chi connectivity index (χ0n) is 13.6. The number of benzene rings is 1. The molecule has 7 heteroatoms. The molecule has 3 heterocycles. The molecule has 4 nitrogen and oxygen atoms in total. The third-order valence-electron chi connectivity index (χ3n) is 4.15. The Labute approximate surface area is 160 Å². The van der Waals surface area contributed by atoms with Crippen molar-refractivity contribution in [2.75, 3.05) is 6.61 Å². The molecular formula is C18H18ClN3OS2. The summed E-state index contributed by atoms with van der Waals surface area (Å²) in [5, 5.41) is 12.7. The number of nitrogens with zero attached hydrogens (tertiary/aromatic N) is 3. The van der Waals surface area contributed by atoms with Crippen molar-refractivity contribution in [3.8, 4) is 10.7 Å². The number of hydrogen-bond donors (Lipinski definition) is 0. The lowest BCUT2D eigenvalue weighted by Crippen LogP contribution is -2.16. The Balaban J connectivity index is 1.56. The van der Waals surface area contributed by atoms with Gasteiger partial charge in [0.25, 0.3) is 0 Å². The van der Waals surface area contributed by atoms with Crippen LogP contribution in [-0.2, 0) is 17.0 Å². The third-order valence-corrected chi connectivity index (χ3v) is 6.31. The summed E-state index contributed by atoms with van der Waals surface area (Å²) in [7, 11) is 0. The first-order valence-corrected chi connectivity index (χ1v) is 10.5. The van der Waals surface area contributed by atoms with E-state index in [0.717, 1.165) is 52.6 Å². The van der Waals surface area contributed by atoms with Gasteiger partial charge in [0.15, 0.2) is 11.0 Å². The van der Waals surface area contributed by atoms with Crippen LogP contribution in [0.1, 0.15) is 18.4 Å². The predicted molar refractivity (Wildman–Crippen MR) is 103 cm³/mol. The summed E-state index contributed by atoms with van der Waals surface area (Å²) in [5.74, 6) is 1.77. The summed E-state index contributed by atoms with van der Waals surface area (Å²) in [6.07, 6.45) is 2.49. The van der Waals surface area contributed by atoms with Crippen LogP contribution in [0, 0.1) is 0 Å². The second kappa shape index (κ2) is 7.91. The number of thioether (sulfide) groups is 1. The highest BCUT2D eigenvalue weighted by Gasteiger charge is 2.22. The minimum absolute atomic E-state index is 0.254. The zero-order chi connectivity index (χ0) is 17.1. The monoisotopic (exact) mass is 391 g/mol. The van der Waals surface area contributed by atoms with Gasteiger partial charge in [-0.15, -0.1) is 21.5 Å². The van der Waals surface area contributed by atoms with Gasteiger partial charge in [0.1, 0.15) is 0 Å². The van der Waals surface area contributed by atoms with Gasteiger partial charge in [0, 0.05) is 17.4 Å². The van der Waals surface area contributed by atoms with Crippen molar-refractivity contribution >= 4 is 34.7 Å². The van der Waals surface area contributed by atoms with Crippen LogP contribution in [0.15, 0.2) is 46.9 Å². The molecule has 2 aromatic heterocycles. The standard InChI is InChI=1S/C18H18ClN3OS2/c19-14-7-5-13(6-8-14)12-25-18-21-20-17(16-4-2-10-24-16)22(18)11-15-3-1-9-23-15/h2,4-8,10,15H,1,3,9,11-12H2. The predicted octanol–water partition coefficient (Wildman–Crippen LogP) is 5.13. The van der Waals surface area contributed by atoms with E-state index in [2.05, 4.69) is 38.3 Å². The van der Waals surface area contributed by atoms with Gasteiger partial charge in [-0.2, -0.15) is 0 Å². The summed E-state index contributed by atoms with van der Waals surface area (Å²) >= 11 is 9.36. The quantitative estimate of drug-likeness (QED) is 0.546. The van der Waals surface area contributed by atoms with Gasteiger partial charge >= 0.3 is 0 Å². The van der Waals surface area contributed by atoms with E-state index in [1.807, 2.05) is 18.2 Å². The summed E-state index contributed by atoms with van der Waals surface area (Å²) < 4.78 is 8.04.